The summed E-state index contributed by atoms with van der Waals surface area (Å²) in [6.07, 6.45) is 3.84. The lowest BCUT2D eigenvalue weighted by molar-refractivity contribution is -0.120. The minimum absolute atomic E-state index is 0.00718. The number of nitrogens with zero attached hydrogens (tertiary/aromatic N) is 2. The molecule has 1 aromatic carbocycles. The Labute approximate surface area is 150 Å². The van der Waals surface area contributed by atoms with Crippen LogP contribution in [0.3, 0.4) is 0 Å². The summed E-state index contributed by atoms with van der Waals surface area (Å²) in [6.45, 7) is 4.14. The van der Waals surface area contributed by atoms with E-state index in [1.165, 1.54) is 29.2 Å². The van der Waals surface area contributed by atoms with E-state index in [0.29, 0.717) is 16.4 Å². The number of nitrogens with one attached hydrogen (secondary N) is 1. The molecule has 0 radical (unpaired) electrons. The first-order chi connectivity index (χ1) is 11.6. The second kappa shape index (κ2) is 9.74. The molecule has 0 bridgehead atoms. The molecule has 4 nitrogen and oxygen atoms in total. The van der Waals surface area contributed by atoms with Crippen LogP contribution in [-0.4, -0.2) is 16.1 Å². The summed E-state index contributed by atoms with van der Waals surface area (Å²) in [4.78, 5) is 12.3. The largest absolute Gasteiger partial charge is 0.300 e. The van der Waals surface area contributed by atoms with Gasteiger partial charge in [0.2, 0.25) is 11.0 Å². The van der Waals surface area contributed by atoms with Crippen LogP contribution < -0.4 is 5.32 Å². The number of hydrogen-bond acceptors (Lipinski definition) is 5. The Morgan fingerprint density at radius 1 is 1.33 bits per heavy atom. The highest BCUT2D eigenvalue weighted by Gasteiger charge is 2.17. The molecule has 1 N–H and O–H groups in total. The summed E-state index contributed by atoms with van der Waals surface area (Å²) >= 11 is 2.74. The van der Waals surface area contributed by atoms with Crippen molar-refractivity contribution in [2.75, 3.05) is 5.32 Å². The van der Waals surface area contributed by atoms with Crippen molar-refractivity contribution < 1.29 is 9.18 Å². The van der Waals surface area contributed by atoms with Crippen LogP contribution in [-0.2, 0) is 10.5 Å². The average Bonchev–Trinajstić information content (AvgIpc) is 3.02. The molecule has 130 valence electrons. The molecular weight excluding hydrogens is 345 g/mol. The first-order valence-electron chi connectivity index (χ1n) is 8.14. The topological polar surface area (TPSA) is 54.9 Å². The molecular formula is C17H22FN3OS2. The van der Waals surface area contributed by atoms with Crippen molar-refractivity contribution in [1.82, 2.24) is 10.2 Å². The molecule has 1 atom stereocenters. The average molecular weight is 368 g/mol. The lowest BCUT2D eigenvalue weighted by Gasteiger charge is -2.12. The smallest absolute Gasteiger partial charge is 0.229 e. The lowest BCUT2D eigenvalue weighted by Crippen LogP contribution is -2.22. The molecule has 0 saturated heterocycles. The summed E-state index contributed by atoms with van der Waals surface area (Å²) in [7, 11) is 0. The fourth-order valence-electron chi connectivity index (χ4n) is 2.25. The number of carbonyl (C=O) groups excluding carboxylic acids is 1. The fraction of sp³-hybridized carbons (Fsp3) is 0.471. The highest BCUT2D eigenvalue weighted by atomic mass is 32.2. The van der Waals surface area contributed by atoms with Gasteiger partial charge in [-0.1, -0.05) is 68.0 Å². The SMILES string of the molecule is CCCC[C@@H](CC)C(=O)Nc1nnc(SCc2ccccc2F)s1. The predicted octanol–water partition coefficient (Wildman–Crippen LogP) is 5.12. The Balaban J connectivity index is 1.88. The third-order valence-electron chi connectivity index (χ3n) is 3.72. The van der Waals surface area contributed by atoms with E-state index in [4.69, 9.17) is 0 Å². The lowest BCUT2D eigenvalue weighted by atomic mass is 9.99. The molecule has 0 aliphatic rings. The van der Waals surface area contributed by atoms with Crippen molar-refractivity contribution in [3.05, 3.63) is 35.6 Å². The van der Waals surface area contributed by atoms with E-state index in [1.807, 2.05) is 13.0 Å². The molecule has 1 heterocycles. The molecule has 0 aliphatic carbocycles. The molecule has 1 aromatic heterocycles. The highest BCUT2D eigenvalue weighted by molar-refractivity contribution is 8.00. The van der Waals surface area contributed by atoms with E-state index in [1.54, 1.807) is 12.1 Å². The number of carbonyl (C=O) groups is 1. The van der Waals surface area contributed by atoms with Gasteiger partial charge in [0, 0.05) is 11.7 Å². The van der Waals surface area contributed by atoms with Crippen molar-refractivity contribution in [3.63, 3.8) is 0 Å². The van der Waals surface area contributed by atoms with Gasteiger partial charge in [-0.25, -0.2) is 4.39 Å². The molecule has 0 fully saturated rings. The van der Waals surface area contributed by atoms with Gasteiger partial charge in [0.25, 0.3) is 0 Å². The quantitative estimate of drug-likeness (QED) is 0.493. The first kappa shape index (κ1) is 18.9. The number of unbranched alkanes of at least 4 members (excludes halogenated alkanes) is 1. The Kier molecular flexibility index (Phi) is 7.65. The number of aromatic nitrogens is 2. The molecule has 2 aromatic rings. The van der Waals surface area contributed by atoms with E-state index in [9.17, 15) is 9.18 Å². The van der Waals surface area contributed by atoms with E-state index < -0.39 is 0 Å². The van der Waals surface area contributed by atoms with Gasteiger partial charge in [-0.3, -0.25) is 4.79 Å². The van der Waals surface area contributed by atoms with Crippen molar-refractivity contribution in [2.24, 2.45) is 5.92 Å². The number of thioether (sulfide) groups is 1. The van der Waals surface area contributed by atoms with Gasteiger partial charge in [0.05, 0.1) is 0 Å². The van der Waals surface area contributed by atoms with Crippen LogP contribution in [0, 0.1) is 11.7 Å². The standard InChI is InChI=1S/C17H22FN3OS2/c1-3-5-8-12(4-2)15(22)19-16-20-21-17(24-16)23-11-13-9-6-7-10-14(13)18/h6-7,9-10,12H,3-5,8,11H2,1-2H3,(H,19,20,22)/t12-/m1/s1. The summed E-state index contributed by atoms with van der Waals surface area (Å²) in [5.74, 6) is 0.296. The summed E-state index contributed by atoms with van der Waals surface area (Å²) in [6, 6.07) is 6.69. The van der Waals surface area contributed by atoms with Crippen LogP contribution in [0.2, 0.25) is 0 Å². The number of hydrogen-bond donors (Lipinski definition) is 1. The van der Waals surface area contributed by atoms with Gasteiger partial charge in [0.15, 0.2) is 4.34 Å². The molecule has 0 unspecified atom stereocenters. The maximum Gasteiger partial charge on any atom is 0.229 e. The van der Waals surface area contributed by atoms with Gasteiger partial charge in [-0.15, -0.1) is 10.2 Å². The van der Waals surface area contributed by atoms with Crippen LogP contribution in [0.4, 0.5) is 9.52 Å². The maximum atomic E-state index is 13.6. The zero-order chi connectivity index (χ0) is 17.4. The summed E-state index contributed by atoms with van der Waals surface area (Å²) in [5.41, 5.74) is 0.633. The van der Waals surface area contributed by atoms with Crippen molar-refractivity contribution in [2.45, 2.75) is 49.6 Å². The van der Waals surface area contributed by atoms with E-state index >= 15 is 0 Å². The van der Waals surface area contributed by atoms with E-state index in [2.05, 4.69) is 22.4 Å². The van der Waals surface area contributed by atoms with Crippen molar-refractivity contribution in [1.29, 1.82) is 0 Å². The van der Waals surface area contributed by atoms with Crippen molar-refractivity contribution in [3.8, 4) is 0 Å². The zero-order valence-electron chi connectivity index (χ0n) is 13.9. The van der Waals surface area contributed by atoms with Gasteiger partial charge >= 0.3 is 0 Å². The fourth-order valence-corrected chi connectivity index (χ4v) is 3.99. The first-order valence-corrected chi connectivity index (χ1v) is 9.94. The summed E-state index contributed by atoms with van der Waals surface area (Å²) < 4.78 is 14.3. The summed E-state index contributed by atoms with van der Waals surface area (Å²) in [5, 5.41) is 11.4. The second-order valence-electron chi connectivity index (χ2n) is 5.49. The van der Waals surface area contributed by atoms with Gasteiger partial charge in [-0.2, -0.15) is 0 Å². The molecule has 24 heavy (non-hydrogen) atoms. The number of benzene rings is 1. The second-order valence-corrected chi connectivity index (χ2v) is 7.69. The molecule has 1 amide bonds. The van der Waals surface area contributed by atoms with Crippen molar-refractivity contribution >= 4 is 34.1 Å². The minimum atomic E-state index is -0.218. The van der Waals surface area contributed by atoms with Crippen LogP contribution in [0.15, 0.2) is 28.6 Å². The number of amides is 1. The van der Waals surface area contributed by atoms with Crippen LogP contribution in [0.1, 0.15) is 45.1 Å². The van der Waals surface area contributed by atoms with Gasteiger partial charge in [-0.05, 0) is 24.5 Å². The van der Waals surface area contributed by atoms with Gasteiger partial charge in [0.1, 0.15) is 5.82 Å². The van der Waals surface area contributed by atoms with E-state index in [0.717, 1.165) is 30.0 Å². The van der Waals surface area contributed by atoms with Crippen LogP contribution in [0.5, 0.6) is 0 Å². The zero-order valence-corrected chi connectivity index (χ0v) is 15.6. The molecule has 0 spiro atoms. The molecule has 2 rings (SSSR count). The molecule has 0 aliphatic heterocycles. The van der Waals surface area contributed by atoms with Gasteiger partial charge < -0.3 is 5.32 Å². The third kappa shape index (κ3) is 5.56. The Hall–Kier alpha value is -1.47. The Bertz CT molecular complexity index is 663. The van der Waals surface area contributed by atoms with Crippen LogP contribution in [0.25, 0.3) is 0 Å². The monoisotopic (exact) mass is 367 g/mol. The third-order valence-corrected chi connectivity index (χ3v) is 5.74. The Morgan fingerprint density at radius 3 is 2.83 bits per heavy atom. The number of rotatable bonds is 9. The van der Waals surface area contributed by atoms with E-state index in [-0.39, 0.29) is 17.6 Å². The number of anilines is 1. The minimum Gasteiger partial charge on any atom is -0.300 e. The van der Waals surface area contributed by atoms with Crippen LogP contribution >= 0.6 is 23.1 Å². The highest BCUT2D eigenvalue weighted by Crippen LogP contribution is 2.29. The normalized spacial score (nSPS) is 12.1. The Morgan fingerprint density at radius 2 is 2.12 bits per heavy atom. The maximum absolute atomic E-state index is 13.6. The molecule has 0 saturated carbocycles. The molecule has 7 heteroatoms. The predicted molar refractivity (Wildman–Crippen MR) is 97.8 cm³/mol. The number of halogens is 1.